The first-order valence-electron chi connectivity index (χ1n) is 17.6. The summed E-state index contributed by atoms with van der Waals surface area (Å²) in [5, 5.41) is 0. The molecule has 0 saturated carbocycles. The zero-order valence-corrected chi connectivity index (χ0v) is 30.0. The van der Waals surface area contributed by atoms with E-state index in [1.54, 1.807) is 0 Å². The van der Waals surface area contributed by atoms with E-state index in [2.05, 4.69) is 38.2 Å². The number of phosphoric acid groups is 1. The van der Waals surface area contributed by atoms with Gasteiger partial charge in [0.2, 0.25) is 0 Å². The number of hydrogen-bond donors (Lipinski definition) is 0. The molecular weight excluding hydrogens is 577 g/mol. The number of hydrogen-bond acceptors (Lipinski definition) is 7. The molecule has 8 nitrogen and oxygen atoms in total. The Balaban J connectivity index is 4.37. The quantitative estimate of drug-likeness (QED) is 0.0238. The van der Waals surface area contributed by atoms with Gasteiger partial charge in [-0.25, -0.2) is 0 Å². The summed E-state index contributed by atoms with van der Waals surface area (Å²) in [5.74, 6) is -0.350. The number of carbonyl (C=O) groups excluding carboxylic acids is 1. The van der Waals surface area contributed by atoms with Crippen LogP contribution in [0.25, 0.3) is 0 Å². The summed E-state index contributed by atoms with van der Waals surface area (Å²) >= 11 is 0. The predicted molar refractivity (Wildman–Crippen MR) is 180 cm³/mol. The van der Waals surface area contributed by atoms with Gasteiger partial charge in [0, 0.05) is 13.0 Å². The summed E-state index contributed by atoms with van der Waals surface area (Å²) in [5.41, 5.74) is 0. The van der Waals surface area contributed by atoms with Crippen molar-refractivity contribution in [3.8, 4) is 0 Å². The number of quaternary nitrogens is 1. The van der Waals surface area contributed by atoms with Crippen molar-refractivity contribution < 1.29 is 37.3 Å². The van der Waals surface area contributed by atoms with Gasteiger partial charge in [0.25, 0.3) is 7.82 Å². The van der Waals surface area contributed by atoms with Crippen LogP contribution in [0.1, 0.15) is 136 Å². The molecule has 0 amide bonds. The Hall–Kier alpha value is -1.02. The fourth-order valence-corrected chi connectivity index (χ4v) is 5.14. The van der Waals surface area contributed by atoms with Crippen LogP contribution in [0.4, 0.5) is 0 Å². The van der Waals surface area contributed by atoms with Gasteiger partial charge >= 0.3 is 5.97 Å². The molecule has 0 spiro atoms. The predicted octanol–water partition coefficient (Wildman–Crippen LogP) is 8.69. The summed E-state index contributed by atoms with van der Waals surface area (Å²) in [6.07, 6.45) is 29.0. The Morgan fingerprint density at radius 2 is 1.23 bits per heavy atom. The Morgan fingerprint density at radius 1 is 0.682 bits per heavy atom. The third-order valence-corrected chi connectivity index (χ3v) is 8.17. The monoisotopic (exact) mass is 645 g/mol. The van der Waals surface area contributed by atoms with E-state index >= 15 is 0 Å². The molecule has 0 aromatic rings. The fourth-order valence-electron chi connectivity index (χ4n) is 4.41. The maximum Gasteiger partial charge on any atom is 0.306 e. The lowest BCUT2D eigenvalue weighted by molar-refractivity contribution is -0.870. The second-order valence-electron chi connectivity index (χ2n) is 12.9. The van der Waals surface area contributed by atoms with Crippen molar-refractivity contribution in [2.45, 2.75) is 142 Å². The molecule has 0 aromatic heterocycles. The van der Waals surface area contributed by atoms with Crippen molar-refractivity contribution in [2.24, 2.45) is 0 Å². The Morgan fingerprint density at radius 3 is 1.82 bits per heavy atom. The maximum atomic E-state index is 12.5. The average molecular weight is 646 g/mol. The lowest BCUT2D eigenvalue weighted by Crippen LogP contribution is -2.37. The Bertz CT molecular complexity index is 767. The number of allylic oxidation sites excluding steroid dienone is 4. The van der Waals surface area contributed by atoms with E-state index in [0.717, 1.165) is 44.9 Å². The standard InChI is InChI=1S/C35H68NO7P/c1-6-8-10-12-14-16-18-20-22-24-26-28-35(37)43-34(33-42-44(38,39)41-31-29-36(3,4)5)32-40-30-27-25-23-21-19-17-15-13-11-9-7-2/h11-14,34H,6-10,15-33H2,1-5H3/b13-11-,14-12-. The lowest BCUT2D eigenvalue weighted by atomic mass is 10.1. The smallest absolute Gasteiger partial charge is 0.306 e. The maximum absolute atomic E-state index is 12.5. The molecule has 0 aromatic carbocycles. The molecule has 0 bridgehead atoms. The highest BCUT2D eigenvalue weighted by Crippen LogP contribution is 2.38. The van der Waals surface area contributed by atoms with Crippen LogP contribution in [0, 0.1) is 0 Å². The van der Waals surface area contributed by atoms with Crippen LogP contribution in [0.2, 0.25) is 0 Å². The summed E-state index contributed by atoms with van der Waals surface area (Å²) in [7, 11) is 1.34. The van der Waals surface area contributed by atoms with Crippen LogP contribution in [-0.4, -0.2) is 70.7 Å². The van der Waals surface area contributed by atoms with Crippen molar-refractivity contribution in [1.29, 1.82) is 0 Å². The number of ether oxygens (including phenoxy) is 2. The molecule has 0 N–H and O–H groups in total. The highest BCUT2D eigenvalue weighted by molar-refractivity contribution is 7.45. The van der Waals surface area contributed by atoms with Gasteiger partial charge in [0.15, 0.2) is 0 Å². The van der Waals surface area contributed by atoms with Gasteiger partial charge in [-0.05, 0) is 51.4 Å². The molecule has 0 aliphatic heterocycles. The number of nitrogens with zero attached hydrogens (tertiary/aromatic N) is 1. The van der Waals surface area contributed by atoms with Crippen LogP contribution in [-0.2, 0) is 27.9 Å². The van der Waals surface area contributed by atoms with Gasteiger partial charge in [-0.3, -0.25) is 9.36 Å². The van der Waals surface area contributed by atoms with Crippen LogP contribution in [0.3, 0.4) is 0 Å². The first-order chi connectivity index (χ1) is 21.1. The number of likely N-dealkylation sites (N-methyl/N-ethyl adjacent to an activating group) is 1. The van der Waals surface area contributed by atoms with Crippen LogP contribution >= 0.6 is 7.82 Å². The largest absolute Gasteiger partial charge is 0.756 e. The molecule has 260 valence electrons. The van der Waals surface area contributed by atoms with Crippen LogP contribution in [0.15, 0.2) is 24.3 Å². The minimum Gasteiger partial charge on any atom is -0.756 e. The summed E-state index contributed by atoms with van der Waals surface area (Å²) in [6.45, 7) is 5.27. The van der Waals surface area contributed by atoms with Crippen molar-refractivity contribution in [1.82, 2.24) is 0 Å². The highest BCUT2D eigenvalue weighted by Gasteiger charge is 2.20. The minimum absolute atomic E-state index is 0.0237. The van der Waals surface area contributed by atoms with Crippen LogP contribution < -0.4 is 4.89 Å². The molecule has 0 radical (unpaired) electrons. The van der Waals surface area contributed by atoms with Gasteiger partial charge in [0.1, 0.15) is 19.3 Å². The topological polar surface area (TPSA) is 94.1 Å². The van der Waals surface area contributed by atoms with Gasteiger partial charge in [-0.2, -0.15) is 0 Å². The number of unbranched alkanes of at least 4 members (excludes halogenated alkanes) is 14. The molecule has 0 fully saturated rings. The normalized spacial score (nSPS) is 14.4. The van der Waals surface area contributed by atoms with E-state index in [9.17, 15) is 14.3 Å². The molecular formula is C35H68NO7P. The number of carbonyl (C=O) groups is 1. The lowest BCUT2D eigenvalue weighted by Gasteiger charge is -2.28. The average Bonchev–Trinajstić information content (AvgIpc) is 2.96. The molecule has 0 rings (SSSR count). The molecule has 44 heavy (non-hydrogen) atoms. The van der Waals surface area contributed by atoms with Gasteiger partial charge < -0.3 is 27.9 Å². The van der Waals surface area contributed by atoms with E-state index in [4.69, 9.17) is 18.5 Å². The summed E-state index contributed by atoms with van der Waals surface area (Å²) in [6, 6.07) is 0. The molecule has 0 heterocycles. The molecule has 0 aliphatic carbocycles. The Kier molecular flexibility index (Phi) is 28.7. The van der Waals surface area contributed by atoms with Crippen molar-refractivity contribution in [3.63, 3.8) is 0 Å². The minimum atomic E-state index is -4.51. The first-order valence-corrected chi connectivity index (χ1v) is 19.0. The van der Waals surface area contributed by atoms with Gasteiger partial charge in [-0.15, -0.1) is 0 Å². The Labute approximate surface area is 271 Å². The van der Waals surface area contributed by atoms with E-state index in [1.807, 2.05) is 21.1 Å². The van der Waals surface area contributed by atoms with Crippen molar-refractivity contribution in [2.75, 3.05) is 54.1 Å². The summed E-state index contributed by atoms with van der Waals surface area (Å²) in [4.78, 5) is 24.8. The molecule has 2 unspecified atom stereocenters. The summed E-state index contributed by atoms with van der Waals surface area (Å²) < 4.78 is 34.3. The molecule has 0 saturated heterocycles. The second-order valence-corrected chi connectivity index (χ2v) is 14.3. The zero-order chi connectivity index (χ0) is 32.8. The molecule has 9 heteroatoms. The SMILES string of the molecule is CCC/C=C\CCCCCCCCOCC(COP(=O)([O-])OCC[N+](C)(C)C)OC(=O)CCCCCCC/C=C\CCCC. The van der Waals surface area contributed by atoms with Gasteiger partial charge in [-0.1, -0.05) is 102 Å². The third kappa shape index (κ3) is 32.4. The van der Waals surface area contributed by atoms with E-state index in [-0.39, 0.29) is 25.8 Å². The first kappa shape index (κ1) is 43.0. The van der Waals surface area contributed by atoms with E-state index in [1.165, 1.54) is 70.6 Å². The fraction of sp³-hybridized carbons (Fsp3) is 0.857. The number of phosphoric ester groups is 1. The van der Waals surface area contributed by atoms with Crippen molar-refractivity contribution in [3.05, 3.63) is 24.3 Å². The van der Waals surface area contributed by atoms with E-state index in [0.29, 0.717) is 24.1 Å². The van der Waals surface area contributed by atoms with E-state index < -0.39 is 13.9 Å². The molecule has 0 aliphatic rings. The second kappa shape index (κ2) is 29.4. The van der Waals surface area contributed by atoms with Gasteiger partial charge in [0.05, 0.1) is 34.4 Å². The van der Waals surface area contributed by atoms with Crippen LogP contribution in [0.5, 0.6) is 0 Å². The number of rotatable bonds is 32. The number of esters is 1. The molecule has 2 atom stereocenters. The zero-order valence-electron chi connectivity index (χ0n) is 29.1. The highest BCUT2D eigenvalue weighted by atomic mass is 31.2. The van der Waals surface area contributed by atoms with Crippen molar-refractivity contribution >= 4 is 13.8 Å². The third-order valence-electron chi connectivity index (χ3n) is 7.21.